The number of H-pyrrole nitrogens is 1. The summed E-state index contributed by atoms with van der Waals surface area (Å²) in [5.41, 5.74) is 0. The highest BCUT2D eigenvalue weighted by Crippen LogP contribution is 2.22. The molecule has 2 N–H and O–H groups in total. The lowest BCUT2D eigenvalue weighted by Crippen LogP contribution is -2.47. The third-order valence-corrected chi connectivity index (χ3v) is 4.46. The van der Waals surface area contributed by atoms with Crippen molar-refractivity contribution < 1.29 is 8.42 Å². The Hall–Kier alpha value is -1.06. The molecule has 9 heteroatoms. The van der Waals surface area contributed by atoms with Crippen molar-refractivity contribution in [1.29, 1.82) is 0 Å². The van der Waals surface area contributed by atoms with Crippen molar-refractivity contribution in [3.63, 3.8) is 0 Å². The van der Waals surface area contributed by atoms with Gasteiger partial charge in [-0.05, 0) is 18.3 Å². The predicted molar refractivity (Wildman–Crippen MR) is 64.5 cm³/mol. The Morgan fingerprint density at radius 3 is 2.61 bits per heavy atom. The van der Waals surface area contributed by atoms with Crippen molar-refractivity contribution >= 4 is 10.2 Å². The van der Waals surface area contributed by atoms with Crippen molar-refractivity contribution in [2.24, 2.45) is 11.8 Å². The number of nitrogens with one attached hydrogen (secondary N) is 2. The van der Waals surface area contributed by atoms with Gasteiger partial charge >= 0.3 is 0 Å². The van der Waals surface area contributed by atoms with Crippen molar-refractivity contribution in [3.8, 4) is 0 Å². The molecule has 1 aliphatic rings. The first kappa shape index (κ1) is 13.4. The molecule has 0 saturated carbocycles. The summed E-state index contributed by atoms with van der Waals surface area (Å²) >= 11 is 0. The molecule has 1 aromatic heterocycles. The molecule has 0 radical (unpaired) electrons. The Morgan fingerprint density at radius 2 is 2.06 bits per heavy atom. The molecule has 1 fully saturated rings. The van der Waals surface area contributed by atoms with Crippen molar-refractivity contribution in [2.45, 2.75) is 26.8 Å². The van der Waals surface area contributed by atoms with Gasteiger partial charge in [-0.3, -0.25) is 0 Å². The summed E-state index contributed by atoms with van der Waals surface area (Å²) < 4.78 is 28.2. The minimum Gasteiger partial charge on any atom is -0.195 e. The fourth-order valence-electron chi connectivity index (χ4n) is 2.31. The lowest BCUT2D eigenvalue weighted by atomic mass is 9.94. The summed E-state index contributed by atoms with van der Waals surface area (Å²) in [6.07, 6.45) is 1.07. The molecule has 2 unspecified atom stereocenters. The topological polar surface area (TPSA) is 104 Å². The summed E-state index contributed by atoms with van der Waals surface area (Å²) in [7, 11) is -3.46. The van der Waals surface area contributed by atoms with Gasteiger partial charge in [0.25, 0.3) is 10.2 Å². The first-order chi connectivity index (χ1) is 8.47. The van der Waals surface area contributed by atoms with Crippen LogP contribution in [0.2, 0.25) is 0 Å². The second-order valence-corrected chi connectivity index (χ2v) is 6.67. The zero-order chi connectivity index (χ0) is 13.2. The number of aromatic amines is 1. The van der Waals surface area contributed by atoms with E-state index in [9.17, 15) is 8.42 Å². The summed E-state index contributed by atoms with van der Waals surface area (Å²) in [6, 6.07) is 0. The maximum absolute atomic E-state index is 12.1. The van der Waals surface area contributed by atoms with Gasteiger partial charge in [0.1, 0.15) is 0 Å². The zero-order valence-electron chi connectivity index (χ0n) is 10.5. The van der Waals surface area contributed by atoms with E-state index in [2.05, 4.69) is 39.2 Å². The number of hydrogen-bond donors (Lipinski definition) is 2. The van der Waals surface area contributed by atoms with Crippen LogP contribution in [0, 0.1) is 11.8 Å². The lowest BCUT2D eigenvalue weighted by molar-refractivity contribution is 0.220. The molecule has 2 rings (SSSR count). The van der Waals surface area contributed by atoms with Crippen LogP contribution in [0.25, 0.3) is 0 Å². The van der Waals surface area contributed by atoms with Crippen LogP contribution >= 0.6 is 0 Å². The molecular weight excluding hydrogens is 256 g/mol. The Balaban J connectivity index is 1.97. The van der Waals surface area contributed by atoms with E-state index >= 15 is 0 Å². The second kappa shape index (κ2) is 5.29. The van der Waals surface area contributed by atoms with Gasteiger partial charge in [0.05, 0.1) is 6.54 Å². The Bertz CT molecular complexity index is 463. The largest absolute Gasteiger partial charge is 0.279 e. The van der Waals surface area contributed by atoms with Crippen molar-refractivity contribution in [2.75, 3.05) is 13.1 Å². The minimum absolute atomic E-state index is 0.0537. The third kappa shape index (κ3) is 3.24. The van der Waals surface area contributed by atoms with Crippen LogP contribution in [-0.4, -0.2) is 46.4 Å². The average Bonchev–Trinajstić information content (AvgIpc) is 2.78. The van der Waals surface area contributed by atoms with Crippen LogP contribution in [0.15, 0.2) is 0 Å². The zero-order valence-corrected chi connectivity index (χ0v) is 11.3. The molecule has 0 aliphatic carbocycles. The van der Waals surface area contributed by atoms with Gasteiger partial charge in [-0.2, -0.15) is 22.7 Å². The molecule has 1 aromatic rings. The van der Waals surface area contributed by atoms with Crippen LogP contribution in [0.4, 0.5) is 0 Å². The van der Waals surface area contributed by atoms with Gasteiger partial charge in [-0.15, -0.1) is 10.2 Å². The number of hydrogen-bond acceptors (Lipinski definition) is 5. The smallest absolute Gasteiger partial charge is 0.195 e. The highest BCUT2D eigenvalue weighted by Gasteiger charge is 2.30. The van der Waals surface area contributed by atoms with Gasteiger partial charge in [0.15, 0.2) is 5.82 Å². The molecule has 2 heterocycles. The Labute approximate surface area is 106 Å². The molecule has 0 aromatic carbocycles. The van der Waals surface area contributed by atoms with Crippen LogP contribution in [0.5, 0.6) is 0 Å². The van der Waals surface area contributed by atoms with Gasteiger partial charge in [-0.25, -0.2) is 0 Å². The molecule has 0 bridgehead atoms. The highest BCUT2D eigenvalue weighted by atomic mass is 32.2. The molecule has 0 amide bonds. The van der Waals surface area contributed by atoms with E-state index in [0.29, 0.717) is 30.7 Å². The average molecular weight is 274 g/mol. The van der Waals surface area contributed by atoms with Crippen LogP contribution in [-0.2, 0) is 16.8 Å². The SMILES string of the molecule is CC1CC(C)CN(S(=O)(=O)NCc2nn[nH]n2)C1. The van der Waals surface area contributed by atoms with Gasteiger partial charge in [0.2, 0.25) is 0 Å². The summed E-state index contributed by atoms with van der Waals surface area (Å²) in [4.78, 5) is 0. The molecule has 102 valence electrons. The molecule has 2 atom stereocenters. The van der Waals surface area contributed by atoms with Gasteiger partial charge in [0, 0.05) is 13.1 Å². The van der Waals surface area contributed by atoms with Gasteiger partial charge < -0.3 is 0 Å². The first-order valence-electron chi connectivity index (χ1n) is 5.94. The predicted octanol–water partition coefficient (Wildman–Crippen LogP) is -0.488. The molecule has 1 aliphatic heterocycles. The number of nitrogens with zero attached hydrogens (tertiary/aromatic N) is 4. The maximum atomic E-state index is 12.1. The third-order valence-electron chi connectivity index (χ3n) is 2.98. The molecular formula is C9H18N6O2S. The van der Waals surface area contributed by atoms with Crippen LogP contribution < -0.4 is 4.72 Å². The van der Waals surface area contributed by atoms with E-state index in [1.165, 1.54) is 4.31 Å². The van der Waals surface area contributed by atoms with Crippen molar-refractivity contribution in [1.82, 2.24) is 29.7 Å². The number of piperidine rings is 1. The van der Waals surface area contributed by atoms with E-state index in [0.717, 1.165) is 6.42 Å². The van der Waals surface area contributed by atoms with E-state index in [1.54, 1.807) is 0 Å². The van der Waals surface area contributed by atoms with Gasteiger partial charge in [-0.1, -0.05) is 19.1 Å². The maximum Gasteiger partial charge on any atom is 0.279 e. The fraction of sp³-hybridized carbons (Fsp3) is 0.889. The molecule has 8 nitrogen and oxygen atoms in total. The molecule has 18 heavy (non-hydrogen) atoms. The highest BCUT2D eigenvalue weighted by molar-refractivity contribution is 7.87. The van der Waals surface area contributed by atoms with Crippen LogP contribution in [0.1, 0.15) is 26.1 Å². The fourth-order valence-corrected chi connectivity index (χ4v) is 3.70. The monoisotopic (exact) mass is 274 g/mol. The van der Waals surface area contributed by atoms with E-state index in [-0.39, 0.29) is 6.54 Å². The molecule has 0 spiro atoms. The Morgan fingerprint density at radius 1 is 1.39 bits per heavy atom. The standard InChI is InChI=1S/C9H18N6O2S/c1-7-3-8(2)6-15(5-7)18(16,17)10-4-9-11-13-14-12-9/h7-8,10H,3-6H2,1-2H3,(H,11,12,13,14). The van der Waals surface area contributed by atoms with E-state index in [1.807, 2.05) is 0 Å². The lowest BCUT2D eigenvalue weighted by Gasteiger charge is -2.33. The van der Waals surface area contributed by atoms with E-state index in [4.69, 9.17) is 0 Å². The molecule has 1 saturated heterocycles. The summed E-state index contributed by atoms with van der Waals surface area (Å²) in [6.45, 7) is 5.31. The van der Waals surface area contributed by atoms with E-state index < -0.39 is 10.2 Å². The van der Waals surface area contributed by atoms with Crippen LogP contribution in [0.3, 0.4) is 0 Å². The normalized spacial score (nSPS) is 26.3. The number of rotatable bonds is 4. The number of tetrazole rings is 1. The summed E-state index contributed by atoms with van der Waals surface area (Å²) in [5, 5.41) is 13.1. The first-order valence-corrected chi connectivity index (χ1v) is 7.38. The summed E-state index contributed by atoms with van der Waals surface area (Å²) in [5.74, 6) is 1.10. The van der Waals surface area contributed by atoms with Crippen molar-refractivity contribution in [3.05, 3.63) is 5.82 Å². The quantitative estimate of drug-likeness (QED) is 0.771. The second-order valence-electron chi connectivity index (χ2n) is 4.92. The minimum atomic E-state index is -3.46. The Kier molecular flexibility index (Phi) is 3.93. The number of aromatic nitrogens is 4.